The van der Waals surface area contributed by atoms with Crippen LogP contribution in [0.4, 0.5) is 28.4 Å². The molecule has 0 atom stereocenters. The van der Waals surface area contributed by atoms with Gasteiger partial charge in [0.15, 0.2) is 0 Å². The van der Waals surface area contributed by atoms with E-state index in [4.69, 9.17) is 0 Å². The molecule has 0 bridgehead atoms. The van der Waals surface area contributed by atoms with Crippen LogP contribution in [0.15, 0.2) is 84.0 Å². The Labute approximate surface area is 138 Å². The smallest absolute Gasteiger partial charge is 0.269 e. The molecule has 0 aromatic heterocycles. The van der Waals surface area contributed by atoms with Gasteiger partial charge in [0.2, 0.25) is 0 Å². The van der Waals surface area contributed by atoms with E-state index in [-0.39, 0.29) is 5.69 Å². The molecule has 6 nitrogen and oxygen atoms in total. The highest BCUT2D eigenvalue weighted by molar-refractivity contribution is 5.77. The van der Waals surface area contributed by atoms with Gasteiger partial charge in [-0.15, -0.1) is 4.91 Å². The molecule has 0 unspecified atom stereocenters. The molecule has 0 aliphatic carbocycles. The monoisotopic (exact) mass is 319 g/mol. The van der Waals surface area contributed by atoms with Crippen LogP contribution in [0, 0.1) is 15.0 Å². The van der Waals surface area contributed by atoms with Crippen LogP contribution in [0.1, 0.15) is 0 Å². The van der Waals surface area contributed by atoms with Gasteiger partial charge in [-0.2, -0.15) is 0 Å². The van der Waals surface area contributed by atoms with Crippen molar-refractivity contribution in [3.8, 4) is 0 Å². The second kappa shape index (κ2) is 6.70. The van der Waals surface area contributed by atoms with E-state index in [1.807, 2.05) is 35.2 Å². The lowest BCUT2D eigenvalue weighted by atomic mass is 10.2. The SMILES string of the molecule is O=Nc1ccc(N(c2ccccc2)c2ccc([N+](=O)[O-])cc2)cc1. The summed E-state index contributed by atoms with van der Waals surface area (Å²) in [7, 11) is 0. The van der Waals surface area contributed by atoms with Crippen molar-refractivity contribution >= 4 is 28.4 Å². The van der Waals surface area contributed by atoms with E-state index in [1.54, 1.807) is 36.4 Å². The lowest BCUT2D eigenvalue weighted by Gasteiger charge is -2.25. The van der Waals surface area contributed by atoms with Crippen molar-refractivity contribution in [2.45, 2.75) is 0 Å². The fraction of sp³-hybridized carbons (Fsp3) is 0. The van der Waals surface area contributed by atoms with Gasteiger partial charge in [0.1, 0.15) is 5.69 Å². The van der Waals surface area contributed by atoms with Crippen molar-refractivity contribution in [1.82, 2.24) is 0 Å². The molecule has 0 spiro atoms. The molecule has 0 fully saturated rings. The summed E-state index contributed by atoms with van der Waals surface area (Å²) in [5.41, 5.74) is 2.88. The first kappa shape index (κ1) is 15.4. The average molecular weight is 319 g/mol. The molecular formula is C18H13N3O3. The number of benzene rings is 3. The fourth-order valence-electron chi connectivity index (χ4n) is 2.41. The van der Waals surface area contributed by atoms with Gasteiger partial charge in [-0.1, -0.05) is 18.2 Å². The standard InChI is InChI=1S/C18H13N3O3/c22-19-14-6-8-16(9-7-14)20(15-4-2-1-3-5-15)17-10-12-18(13-11-17)21(23)24/h1-13H. The van der Waals surface area contributed by atoms with E-state index in [0.717, 1.165) is 17.1 Å². The molecule has 0 N–H and O–H groups in total. The van der Waals surface area contributed by atoms with Crippen LogP contribution in [0.3, 0.4) is 0 Å². The molecule has 0 saturated heterocycles. The molecule has 24 heavy (non-hydrogen) atoms. The molecular weight excluding hydrogens is 306 g/mol. The van der Waals surface area contributed by atoms with E-state index >= 15 is 0 Å². The predicted molar refractivity (Wildman–Crippen MR) is 93.2 cm³/mol. The summed E-state index contributed by atoms with van der Waals surface area (Å²) in [6, 6.07) is 22.7. The Hall–Kier alpha value is -3.54. The Morgan fingerprint density at radius 2 is 1.25 bits per heavy atom. The van der Waals surface area contributed by atoms with Crippen LogP contribution in [0.5, 0.6) is 0 Å². The third-order valence-electron chi connectivity index (χ3n) is 3.55. The summed E-state index contributed by atoms with van der Waals surface area (Å²) in [5.74, 6) is 0. The lowest BCUT2D eigenvalue weighted by molar-refractivity contribution is -0.384. The van der Waals surface area contributed by atoms with Gasteiger partial charge in [0.05, 0.1) is 4.92 Å². The summed E-state index contributed by atoms with van der Waals surface area (Å²) in [6.07, 6.45) is 0. The lowest BCUT2D eigenvalue weighted by Crippen LogP contribution is -2.09. The molecule has 0 aliphatic heterocycles. The number of para-hydroxylation sites is 1. The van der Waals surface area contributed by atoms with E-state index in [9.17, 15) is 15.0 Å². The predicted octanol–water partition coefficient (Wildman–Crippen LogP) is 5.46. The van der Waals surface area contributed by atoms with Crippen LogP contribution >= 0.6 is 0 Å². The van der Waals surface area contributed by atoms with E-state index < -0.39 is 4.92 Å². The Balaban J connectivity index is 2.07. The van der Waals surface area contributed by atoms with Crippen molar-refractivity contribution in [2.75, 3.05) is 4.90 Å². The summed E-state index contributed by atoms with van der Waals surface area (Å²) in [6.45, 7) is 0. The largest absolute Gasteiger partial charge is 0.310 e. The fourth-order valence-corrected chi connectivity index (χ4v) is 2.41. The Kier molecular flexibility index (Phi) is 4.29. The number of hydrogen-bond donors (Lipinski definition) is 0. The molecule has 3 rings (SSSR count). The van der Waals surface area contributed by atoms with Crippen LogP contribution in [-0.4, -0.2) is 4.92 Å². The van der Waals surface area contributed by atoms with Crippen LogP contribution in [0.25, 0.3) is 0 Å². The highest BCUT2D eigenvalue weighted by Crippen LogP contribution is 2.35. The highest BCUT2D eigenvalue weighted by atomic mass is 16.6. The molecule has 6 heteroatoms. The van der Waals surface area contributed by atoms with Crippen LogP contribution < -0.4 is 4.90 Å². The zero-order valence-corrected chi connectivity index (χ0v) is 12.6. The van der Waals surface area contributed by atoms with E-state index in [0.29, 0.717) is 5.69 Å². The minimum atomic E-state index is -0.429. The van der Waals surface area contributed by atoms with Gasteiger partial charge in [0, 0.05) is 29.2 Å². The molecule has 0 aliphatic rings. The number of rotatable bonds is 5. The van der Waals surface area contributed by atoms with Crippen molar-refractivity contribution in [3.63, 3.8) is 0 Å². The maximum Gasteiger partial charge on any atom is 0.269 e. The third-order valence-corrected chi connectivity index (χ3v) is 3.55. The normalized spacial score (nSPS) is 10.2. The van der Waals surface area contributed by atoms with E-state index in [1.165, 1.54) is 12.1 Å². The van der Waals surface area contributed by atoms with Crippen molar-refractivity contribution in [3.05, 3.63) is 93.9 Å². The molecule has 0 amide bonds. The first-order chi connectivity index (χ1) is 11.7. The molecule has 118 valence electrons. The van der Waals surface area contributed by atoms with Gasteiger partial charge >= 0.3 is 0 Å². The summed E-state index contributed by atoms with van der Waals surface area (Å²) in [4.78, 5) is 23.0. The second-order valence-corrected chi connectivity index (χ2v) is 5.05. The van der Waals surface area contributed by atoms with Gasteiger partial charge in [0.25, 0.3) is 5.69 Å². The van der Waals surface area contributed by atoms with Gasteiger partial charge in [-0.3, -0.25) is 10.1 Å². The third kappa shape index (κ3) is 3.12. The van der Waals surface area contributed by atoms with Gasteiger partial charge in [-0.25, -0.2) is 0 Å². The first-order valence-electron chi connectivity index (χ1n) is 7.22. The number of anilines is 3. The zero-order chi connectivity index (χ0) is 16.9. The molecule has 0 radical (unpaired) electrons. The van der Waals surface area contributed by atoms with Gasteiger partial charge < -0.3 is 4.90 Å². The summed E-state index contributed by atoms with van der Waals surface area (Å²) < 4.78 is 0. The number of non-ortho nitro benzene ring substituents is 1. The van der Waals surface area contributed by atoms with Crippen molar-refractivity contribution < 1.29 is 4.92 Å². The maximum atomic E-state index is 10.8. The number of nitrogens with zero attached hydrogens (tertiary/aromatic N) is 3. The number of nitro benzene ring substituents is 1. The minimum absolute atomic E-state index is 0.0345. The minimum Gasteiger partial charge on any atom is -0.310 e. The second-order valence-electron chi connectivity index (χ2n) is 5.05. The number of hydrogen-bond acceptors (Lipinski definition) is 5. The van der Waals surface area contributed by atoms with Crippen LogP contribution in [0.2, 0.25) is 0 Å². The van der Waals surface area contributed by atoms with Crippen molar-refractivity contribution in [2.24, 2.45) is 5.18 Å². The van der Waals surface area contributed by atoms with Crippen LogP contribution in [-0.2, 0) is 0 Å². The molecule has 0 saturated carbocycles. The number of nitroso groups, excluding NO2 is 1. The topological polar surface area (TPSA) is 75.8 Å². The average Bonchev–Trinajstić information content (AvgIpc) is 2.64. The Bertz CT molecular complexity index is 847. The Morgan fingerprint density at radius 3 is 1.75 bits per heavy atom. The maximum absolute atomic E-state index is 10.8. The van der Waals surface area contributed by atoms with Crippen molar-refractivity contribution in [1.29, 1.82) is 0 Å². The first-order valence-corrected chi connectivity index (χ1v) is 7.22. The summed E-state index contributed by atoms with van der Waals surface area (Å²) in [5, 5.41) is 13.7. The highest BCUT2D eigenvalue weighted by Gasteiger charge is 2.13. The molecule has 0 heterocycles. The van der Waals surface area contributed by atoms with Gasteiger partial charge in [-0.05, 0) is 53.7 Å². The summed E-state index contributed by atoms with van der Waals surface area (Å²) >= 11 is 0. The molecule has 3 aromatic rings. The quantitative estimate of drug-likeness (QED) is 0.355. The van der Waals surface area contributed by atoms with E-state index in [2.05, 4.69) is 5.18 Å². The number of nitro groups is 1. The Morgan fingerprint density at radius 1 is 0.750 bits per heavy atom. The zero-order valence-electron chi connectivity index (χ0n) is 12.6. The molecule has 3 aromatic carbocycles.